The highest BCUT2D eigenvalue weighted by atomic mass is 16.5. The lowest BCUT2D eigenvalue weighted by Crippen LogP contribution is -2.41. The molecular formula is C23H24N2O2. The lowest BCUT2D eigenvalue weighted by molar-refractivity contribution is 0.0597. The quantitative estimate of drug-likeness (QED) is 0.689. The third kappa shape index (κ3) is 3.80. The van der Waals surface area contributed by atoms with Gasteiger partial charge in [0.25, 0.3) is 5.91 Å². The van der Waals surface area contributed by atoms with Crippen molar-refractivity contribution >= 4 is 16.8 Å². The van der Waals surface area contributed by atoms with Crippen LogP contribution in [0, 0.1) is 13.8 Å². The number of pyridine rings is 1. The molecule has 2 aromatic carbocycles. The Hall–Kier alpha value is -2.88. The number of fused-ring (bicyclic) bond motifs is 1. The van der Waals surface area contributed by atoms with Crippen molar-refractivity contribution in [1.29, 1.82) is 0 Å². The number of nitrogens with zero attached hydrogens (tertiary/aromatic N) is 2. The van der Waals surface area contributed by atoms with Crippen molar-refractivity contribution in [3.8, 4) is 5.75 Å². The third-order valence-electron chi connectivity index (χ3n) is 5.09. The maximum Gasteiger partial charge on any atom is 0.253 e. The Bertz CT molecular complexity index is 950. The van der Waals surface area contributed by atoms with E-state index in [4.69, 9.17) is 4.74 Å². The van der Waals surface area contributed by atoms with Gasteiger partial charge in [-0.3, -0.25) is 9.78 Å². The van der Waals surface area contributed by atoms with E-state index in [-0.39, 0.29) is 12.0 Å². The van der Waals surface area contributed by atoms with Gasteiger partial charge in [0.15, 0.2) is 0 Å². The fraction of sp³-hybridized carbons (Fsp3) is 0.304. The molecule has 1 aliphatic rings. The van der Waals surface area contributed by atoms with Crippen molar-refractivity contribution in [3.05, 3.63) is 71.4 Å². The molecule has 4 rings (SSSR count). The highest BCUT2D eigenvalue weighted by Crippen LogP contribution is 2.26. The number of hydrogen-bond donors (Lipinski definition) is 0. The number of aromatic nitrogens is 1. The second-order valence-electron chi connectivity index (χ2n) is 7.32. The molecular weight excluding hydrogens is 336 g/mol. The molecule has 3 aromatic rings. The summed E-state index contributed by atoms with van der Waals surface area (Å²) in [6.07, 6.45) is 3.57. The summed E-state index contributed by atoms with van der Waals surface area (Å²) in [7, 11) is 0. The number of carbonyl (C=O) groups is 1. The summed E-state index contributed by atoms with van der Waals surface area (Å²) in [5.74, 6) is 0.944. The number of amides is 1. The number of piperidine rings is 1. The van der Waals surface area contributed by atoms with Gasteiger partial charge in [0.1, 0.15) is 17.4 Å². The summed E-state index contributed by atoms with van der Waals surface area (Å²) >= 11 is 0. The van der Waals surface area contributed by atoms with Crippen LogP contribution in [0.15, 0.2) is 54.7 Å². The van der Waals surface area contributed by atoms with Crippen molar-refractivity contribution in [1.82, 2.24) is 9.88 Å². The zero-order chi connectivity index (χ0) is 18.8. The first-order valence-electron chi connectivity index (χ1n) is 9.48. The Morgan fingerprint density at radius 3 is 2.48 bits per heavy atom. The van der Waals surface area contributed by atoms with E-state index >= 15 is 0 Å². The lowest BCUT2D eigenvalue weighted by atomic mass is 10.0. The molecule has 1 fully saturated rings. The SMILES string of the molecule is Cc1cc(C)cc(C(=O)N2CCC(Oc3cccc4cccnc34)CC2)c1. The van der Waals surface area contributed by atoms with Crippen LogP contribution >= 0.6 is 0 Å². The fourth-order valence-corrected chi connectivity index (χ4v) is 3.81. The van der Waals surface area contributed by atoms with Crippen LogP contribution in [0.25, 0.3) is 10.9 Å². The van der Waals surface area contributed by atoms with Crippen LogP contribution < -0.4 is 4.74 Å². The lowest BCUT2D eigenvalue weighted by Gasteiger charge is -2.32. The summed E-state index contributed by atoms with van der Waals surface area (Å²) < 4.78 is 6.24. The molecule has 0 spiro atoms. The number of para-hydroxylation sites is 1. The minimum atomic E-state index is 0.112. The van der Waals surface area contributed by atoms with E-state index < -0.39 is 0 Å². The van der Waals surface area contributed by atoms with Crippen molar-refractivity contribution in [3.63, 3.8) is 0 Å². The predicted molar refractivity (Wildman–Crippen MR) is 107 cm³/mol. The van der Waals surface area contributed by atoms with Gasteiger partial charge >= 0.3 is 0 Å². The molecule has 4 heteroatoms. The molecule has 1 amide bonds. The molecule has 0 aliphatic carbocycles. The average molecular weight is 360 g/mol. The second-order valence-corrected chi connectivity index (χ2v) is 7.32. The summed E-state index contributed by atoms with van der Waals surface area (Å²) in [6.45, 7) is 5.49. The van der Waals surface area contributed by atoms with E-state index in [0.717, 1.165) is 46.2 Å². The number of carbonyl (C=O) groups excluding carboxylic acids is 1. The maximum atomic E-state index is 12.8. The minimum Gasteiger partial charge on any atom is -0.488 e. The molecule has 138 valence electrons. The van der Waals surface area contributed by atoms with Gasteiger partial charge in [0.05, 0.1) is 0 Å². The average Bonchev–Trinajstić information content (AvgIpc) is 2.68. The normalized spacial score (nSPS) is 15.1. The Labute approximate surface area is 159 Å². The molecule has 0 bridgehead atoms. The maximum absolute atomic E-state index is 12.8. The van der Waals surface area contributed by atoms with Gasteiger partial charge in [-0.05, 0) is 38.1 Å². The summed E-state index contributed by atoms with van der Waals surface area (Å²) in [6, 6.07) is 16.0. The summed E-state index contributed by atoms with van der Waals surface area (Å²) in [5.41, 5.74) is 3.93. The molecule has 1 aromatic heterocycles. The van der Waals surface area contributed by atoms with Crippen molar-refractivity contribution in [2.24, 2.45) is 0 Å². The van der Waals surface area contributed by atoms with Crippen LogP contribution in [0.2, 0.25) is 0 Å². The number of likely N-dealkylation sites (tertiary alicyclic amines) is 1. The third-order valence-corrected chi connectivity index (χ3v) is 5.09. The van der Waals surface area contributed by atoms with Crippen LogP contribution in [0.3, 0.4) is 0 Å². The van der Waals surface area contributed by atoms with Crippen LogP contribution in [0.1, 0.15) is 34.3 Å². The monoisotopic (exact) mass is 360 g/mol. The zero-order valence-corrected chi connectivity index (χ0v) is 15.8. The zero-order valence-electron chi connectivity index (χ0n) is 15.8. The topological polar surface area (TPSA) is 42.4 Å². The number of aryl methyl sites for hydroxylation is 2. The van der Waals surface area contributed by atoms with Crippen LogP contribution in [-0.4, -0.2) is 35.0 Å². The van der Waals surface area contributed by atoms with E-state index in [9.17, 15) is 4.79 Å². The van der Waals surface area contributed by atoms with Gasteiger partial charge < -0.3 is 9.64 Å². The van der Waals surface area contributed by atoms with Gasteiger partial charge in [0, 0.05) is 43.1 Å². The fourth-order valence-electron chi connectivity index (χ4n) is 3.81. The van der Waals surface area contributed by atoms with Gasteiger partial charge in [0.2, 0.25) is 0 Å². The summed E-state index contributed by atoms with van der Waals surface area (Å²) in [5, 5.41) is 1.08. The largest absolute Gasteiger partial charge is 0.488 e. The van der Waals surface area contributed by atoms with E-state index in [1.807, 2.05) is 61.2 Å². The van der Waals surface area contributed by atoms with E-state index in [2.05, 4.69) is 11.1 Å². The first-order chi connectivity index (χ1) is 13.1. The van der Waals surface area contributed by atoms with Crippen LogP contribution in [-0.2, 0) is 0 Å². The molecule has 4 nitrogen and oxygen atoms in total. The van der Waals surface area contributed by atoms with Crippen molar-refractivity contribution in [2.75, 3.05) is 13.1 Å². The van der Waals surface area contributed by atoms with Gasteiger partial charge in [-0.1, -0.05) is 35.4 Å². The smallest absolute Gasteiger partial charge is 0.253 e. The first kappa shape index (κ1) is 17.5. The van der Waals surface area contributed by atoms with E-state index in [1.165, 1.54) is 0 Å². The van der Waals surface area contributed by atoms with Crippen LogP contribution in [0.4, 0.5) is 0 Å². The molecule has 0 N–H and O–H groups in total. The molecule has 0 saturated carbocycles. The summed E-state index contributed by atoms with van der Waals surface area (Å²) in [4.78, 5) is 19.2. The number of rotatable bonds is 3. The van der Waals surface area contributed by atoms with E-state index in [1.54, 1.807) is 6.20 Å². The van der Waals surface area contributed by atoms with Gasteiger partial charge in [-0.15, -0.1) is 0 Å². The standard InChI is InChI=1S/C23H24N2O2/c1-16-13-17(2)15-19(14-16)23(26)25-11-8-20(9-12-25)27-21-7-3-5-18-6-4-10-24-22(18)21/h3-7,10,13-15,20H,8-9,11-12H2,1-2H3. The molecule has 27 heavy (non-hydrogen) atoms. The molecule has 0 radical (unpaired) electrons. The van der Waals surface area contributed by atoms with E-state index in [0.29, 0.717) is 13.1 Å². The number of benzene rings is 2. The highest BCUT2D eigenvalue weighted by molar-refractivity contribution is 5.94. The van der Waals surface area contributed by atoms with Gasteiger partial charge in [-0.25, -0.2) is 0 Å². The Kier molecular flexibility index (Phi) is 4.80. The molecule has 0 atom stereocenters. The molecule has 1 saturated heterocycles. The highest BCUT2D eigenvalue weighted by Gasteiger charge is 2.25. The van der Waals surface area contributed by atoms with Crippen molar-refractivity contribution < 1.29 is 9.53 Å². The molecule has 0 unspecified atom stereocenters. The van der Waals surface area contributed by atoms with Crippen molar-refractivity contribution in [2.45, 2.75) is 32.8 Å². The number of ether oxygens (including phenoxy) is 1. The molecule has 1 aliphatic heterocycles. The number of hydrogen-bond acceptors (Lipinski definition) is 3. The Morgan fingerprint density at radius 2 is 1.74 bits per heavy atom. The Morgan fingerprint density at radius 1 is 1.04 bits per heavy atom. The predicted octanol–water partition coefficient (Wildman–Crippen LogP) is 4.54. The molecule has 2 heterocycles. The van der Waals surface area contributed by atoms with Gasteiger partial charge in [-0.2, -0.15) is 0 Å². The first-order valence-corrected chi connectivity index (χ1v) is 9.48. The minimum absolute atomic E-state index is 0.112. The Balaban J connectivity index is 1.42. The van der Waals surface area contributed by atoms with Crippen LogP contribution in [0.5, 0.6) is 5.75 Å². The second kappa shape index (κ2) is 7.39.